The van der Waals surface area contributed by atoms with E-state index in [9.17, 15) is 0 Å². The minimum absolute atomic E-state index is 0.000000000000000444. The quantitative estimate of drug-likeness (QED) is 0.228. The van der Waals surface area contributed by atoms with Gasteiger partial charge in [-0.25, -0.2) is 0 Å². The Bertz CT molecular complexity index is 102. The number of hydrogen-bond acceptors (Lipinski definition) is 1. The molecule has 0 rings (SSSR count). The van der Waals surface area contributed by atoms with Crippen LogP contribution in [0.25, 0.3) is 0 Å². The van der Waals surface area contributed by atoms with E-state index in [1.807, 2.05) is 0 Å². The Morgan fingerprint density at radius 2 is 2.00 bits per heavy atom. The molecule has 0 spiro atoms. The van der Waals surface area contributed by atoms with Gasteiger partial charge in [0.1, 0.15) is 0 Å². The summed E-state index contributed by atoms with van der Waals surface area (Å²) in [6, 6.07) is 0. The van der Waals surface area contributed by atoms with E-state index in [0.717, 1.165) is 0 Å². The molecule has 0 atom stereocenters. The van der Waals surface area contributed by atoms with Crippen molar-refractivity contribution in [3.8, 4) is 0 Å². The molecule has 39 valence electrons. The van der Waals surface area contributed by atoms with Crippen LogP contribution < -0.4 is 11.5 Å². The van der Waals surface area contributed by atoms with Crippen molar-refractivity contribution in [1.29, 1.82) is 5.41 Å². The number of amidine groups is 1. The van der Waals surface area contributed by atoms with Crippen LogP contribution in [-0.2, 0) is 0 Å². The van der Waals surface area contributed by atoms with Gasteiger partial charge in [-0.3, -0.25) is 0 Å². The molecule has 0 aromatic rings. The zero-order valence-corrected chi connectivity index (χ0v) is 5.22. The van der Waals surface area contributed by atoms with E-state index < -0.39 is 0 Å². The molecule has 0 saturated carbocycles. The predicted molar refractivity (Wildman–Crippen MR) is 29.3 cm³/mol. The molecule has 0 amide bonds. The second-order valence-electron chi connectivity index (χ2n) is 0.842. The first-order chi connectivity index (χ1) is 3.13. The molecule has 0 aliphatic rings. The molecule has 0 heterocycles. The van der Waals surface area contributed by atoms with E-state index in [2.05, 4.69) is 21.0 Å². The Labute approximate surface area is 49.3 Å². The number of hydrogen-bond donors (Lipinski definition) is 3. The summed E-state index contributed by atoms with van der Waals surface area (Å²) < 4.78 is 0.000000000000000444. The number of nitrogens with zero attached hydrogens (tertiary/aromatic N) is 1. The van der Waals surface area contributed by atoms with Gasteiger partial charge in [0, 0.05) is 0 Å². The van der Waals surface area contributed by atoms with Gasteiger partial charge in [0.25, 0.3) is 0 Å². The molecule has 7 heavy (non-hydrogen) atoms. The molecule has 0 aliphatic carbocycles. The third-order valence-electron chi connectivity index (χ3n) is 0.231. The molecule has 5 N–H and O–H groups in total. The van der Waals surface area contributed by atoms with E-state index in [1.165, 1.54) is 0 Å². The van der Waals surface area contributed by atoms with Crippen molar-refractivity contribution in [1.82, 2.24) is 0 Å². The summed E-state index contributed by atoms with van der Waals surface area (Å²) in [5, 5.41) is 6.62. The van der Waals surface area contributed by atoms with Gasteiger partial charge in [-0.2, -0.15) is 0 Å². The van der Waals surface area contributed by atoms with Crippen LogP contribution in [0.4, 0.5) is 0 Å². The van der Waals surface area contributed by atoms with Gasteiger partial charge in [0.05, 0.1) is 0 Å². The summed E-state index contributed by atoms with van der Waals surface area (Å²) in [4.78, 5) is 3.28. The van der Waals surface area contributed by atoms with Crippen molar-refractivity contribution in [2.24, 2.45) is 16.5 Å². The molecule has 5 heteroatoms. The van der Waals surface area contributed by atoms with Gasteiger partial charge in [0.15, 0.2) is 0 Å². The first-order valence-corrected chi connectivity index (χ1v) is 2.34. The van der Waals surface area contributed by atoms with Crippen LogP contribution in [0.1, 0.15) is 0 Å². The Hall–Kier alpha value is -0.541. The van der Waals surface area contributed by atoms with E-state index in [4.69, 9.17) is 16.9 Å². The minimum atomic E-state index is -0.0937. The Balaban J connectivity index is 3.68. The second-order valence-corrected chi connectivity index (χ2v) is 1.65. The van der Waals surface area contributed by atoms with Crippen molar-refractivity contribution in [2.75, 3.05) is 0 Å². The molecule has 0 fully saturated rings. The zero-order chi connectivity index (χ0) is 5.86. The summed E-state index contributed by atoms with van der Waals surface area (Å²) in [5.41, 5.74) is 9.72. The van der Waals surface area contributed by atoms with Crippen LogP contribution in [0.2, 0.25) is 0 Å². The molecule has 0 bridgehead atoms. The number of rotatable bonds is 0. The first-order valence-electron chi connectivity index (χ1n) is 1.48. The van der Waals surface area contributed by atoms with Crippen LogP contribution in [0, 0.1) is 5.41 Å². The topological polar surface area (TPSA) is 88.2 Å². The first kappa shape index (κ1) is 6.46. The van der Waals surface area contributed by atoms with E-state index >= 15 is 0 Å². The molecule has 0 aliphatic heterocycles. The Morgan fingerprint density at radius 1 is 1.57 bits per heavy atom. The fourth-order valence-electron chi connectivity index (χ4n) is 0.117. The maximum atomic E-state index is 6.62. The number of guanidine groups is 1. The summed E-state index contributed by atoms with van der Waals surface area (Å²) in [5.74, 6) is -0.0937. The number of aliphatic imine (C=N–C) groups is 1. The van der Waals surface area contributed by atoms with Crippen molar-refractivity contribution >= 4 is 26.7 Å². The van der Waals surface area contributed by atoms with Crippen LogP contribution in [0.5, 0.6) is 0 Å². The third kappa shape index (κ3) is 5.46. The molecule has 0 unspecified atom stereocenters. The second kappa shape index (κ2) is 2.60. The molecular weight excluding hydrogens is 159 g/mol. The fourth-order valence-corrected chi connectivity index (χ4v) is 0.338. The molecular formula is C2H5N4Se. The maximum absolute atomic E-state index is 6.62. The molecule has 4 nitrogen and oxygen atoms in total. The van der Waals surface area contributed by atoms with E-state index in [0.29, 0.717) is 0 Å². The summed E-state index contributed by atoms with van der Waals surface area (Å²) >= 11 is 2.31. The normalized spacial score (nSPS) is 7.43. The van der Waals surface area contributed by atoms with Crippen molar-refractivity contribution in [3.63, 3.8) is 0 Å². The summed E-state index contributed by atoms with van der Waals surface area (Å²) in [6.45, 7) is 0. The Kier molecular flexibility index (Phi) is 2.40. The van der Waals surface area contributed by atoms with Gasteiger partial charge in [-0.05, 0) is 0 Å². The predicted octanol–water partition coefficient (Wildman–Crippen LogP) is -1.64. The average Bonchev–Trinajstić information content (AvgIpc) is 1.27. The molecule has 1 radical (unpaired) electrons. The zero-order valence-electron chi connectivity index (χ0n) is 3.51. The van der Waals surface area contributed by atoms with E-state index in [-0.39, 0.29) is 10.7 Å². The molecule has 0 saturated heterocycles. The van der Waals surface area contributed by atoms with Crippen LogP contribution in [-0.4, -0.2) is 26.7 Å². The Morgan fingerprint density at radius 3 is 2.00 bits per heavy atom. The average molecular weight is 164 g/mol. The number of nitrogens with one attached hydrogen (secondary N) is 1. The van der Waals surface area contributed by atoms with Crippen molar-refractivity contribution in [3.05, 3.63) is 0 Å². The van der Waals surface area contributed by atoms with Crippen molar-refractivity contribution in [2.45, 2.75) is 0 Å². The van der Waals surface area contributed by atoms with Crippen LogP contribution in [0.15, 0.2) is 4.99 Å². The monoisotopic (exact) mass is 165 g/mol. The van der Waals surface area contributed by atoms with Gasteiger partial charge in [-0.15, -0.1) is 0 Å². The van der Waals surface area contributed by atoms with E-state index in [1.54, 1.807) is 0 Å². The van der Waals surface area contributed by atoms with Crippen molar-refractivity contribution < 1.29 is 0 Å². The van der Waals surface area contributed by atoms with Gasteiger partial charge >= 0.3 is 48.6 Å². The summed E-state index contributed by atoms with van der Waals surface area (Å²) in [6.07, 6.45) is 0. The van der Waals surface area contributed by atoms with Crippen LogP contribution in [0.3, 0.4) is 0 Å². The number of nitrogens with two attached hydrogens (primary N) is 2. The van der Waals surface area contributed by atoms with Gasteiger partial charge in [-0.1, -0.05) is 0 Å². The third-order valence-corrected chi connectivity index (χ3v) is 0.422. The van der Waals surface area contributed by atoms with Gasteiger partial charge < -0.3 is 0 Å². The van der Waals surface area contributed by atoms with Crippen LogP contribution >= 0.6 is 0 Å². The molecule has 0 aromatic heterocycles. The molecule has 0 aromatic carbocycles. The standard InChI is InChI=1S/C2H5N4Se/c3-1(4)6-2(5)7/h(H5,3,4,5,6). The SMILES string of the molecule is N=C([Se])N=C(N)N. The van der Waals surface area contributed by atoms with Gasteiger partial charge in [0.2, 0.25) is 0 Å². The summed E-state index contributed by atoms with van der Waals surface area (Å²) in [7, 11) is 0. The fraction of sp³-hybridized carbons (Fsp3) is 0.